The van der Waals surface area contributed by atoms with Crippen LogP contribution in [0.25, 0.3) is 10.8 Å². The molecule has 0 aromatic heterocycles. The molecule has 0 atom stereocenters. The van der Waals surface area contributed by atoms with Crippen molar-refractivity contribution in [2.24, 2.45) is 0 Å². The van der Waals surface area contributed by atoms with Crippen molar-refractivity contribution in [1.29, 1.82) is 0 Å². The minimum atomic E-state index is -1.22. The highest BCUT2D eigenvalue weighted by atomic mass is 16.5. The molecule has 2 rings (SSSR count). The highest BCUT2D eigenvalue weighted by Gasteiger charge is 2.18. The van der Waals surface area contributed by atoms with Crippen LogP contribution in [-0.4, -0.2) is 29.6 Å². The van der Waals surface area contributed by atoms with E-state index in [1.54, 1.807) is 24.3 Å². The zero-order chi connectivity index (χ0) is 17.5. The molecule has 2 aromatic carbocycles. The van der Waals surface area contributed by atoms with E-state index >= 15 is 0 Å². The average molecular weight is 326 g/mol. The van der Waals surface area contributed by atoms with Crippen molar-refractivity contribution in [3.8, 4) is 0 Å². The lowest BCUT2D eigenvalue weighted by Crippen LogP contribution is -2.12. The average Bonchev–Trinajstić information content (AvgIpc) is 2.59. The van der Waals surface area contributed by atoms with E-state index in [1.165, 1.54) is 18.2 Å². The Balaban J connectivity index is 2.16. The normalized spacial score (nSPS) is 10.5. The number of hydrogen-bond donors (Lipinski definition) is 1. The molecule has 0 radical (unpaired) electrons. The number of aromatic carboxylic acids is 1. The summed E-state index contributed by atoms with van der Waals surface area (Å²) in [6.07, 6.45) is 3.36. The molecule has 0 aliphatic heterocycles. The number of benzene rings is 2. The maximum atomic E-state index is 12.1. The number of carboxylic acid groups (broad SMARTS) is 1. The summed E-state index contributed by atoms with van der Waals surface area (Å²) in [6.45, 7) is 3.06. The van der Waals surface area contributed by atoms with Crippen LogP contribution in [0.3, 0.4) is 0 Å². The molecule has 24 heavy (non-hydrogen) atoms. The van der Waals surface area contributed by atoms with E-state index in [0.29, 0.717) is 5.39 Å². The lowest BCUT2D eigenvalue weighted by molar-refractivity contribution is -0.132. The lowest BCUT2D eigenvalue weighted by Gasteiger charge is -2.08. The molecule has 6 heteroatoms. The summed E-state index contributed by atoms with van der Waals surface area (Å²) in [5, 5.41) is 10.7. The summed E-state index contributed by atoms with van der Waals surface area (Å²) in [5.74, 6) is -2.64. The Labute approximate surface area is 137 Å². The number of fused-ring (bicyclic) bond motifs is 1. The van der Waals surface area contributed by atoms with E-state index in [4.69, 9.17) is 4.74 Å². The summed E-state index contributed by atoms with van der Waals surface area (Å²) in [5.41, 5.74) is -0.182. The minimum absolute atomic E-state index is 0.0438. The van der Waals surface area contributed by atoms with Crippen LogP contribution in [0.15, 0.2) is 61.4 Å². The number of ether oxygens (including phenoxy) is 2. The first-order valence-electron chi connectivity index (χ1n) is 6.94. The fraction of sp³-hybridized carbons (Fsp3) is 0.0556. The van der Waals surface area contributed by atoms with E-state index < -0.39 is 17.9 Å². The second-order valence-electron chi connectivity index (χ2n) is 4.66. The maximum Gasteiger partial charge on any atom is 0.339 e. The molecule has 0 heterocycles. The largest absolute Gasteiger partial charge is 0.478 e. The zero-order valence-electron chi connectivity index (χ0n) is 12.6. The number of esters is 2. The third kappa shape index (κ3) is 4.07. The van der Waals surface area contributed by atoms with Gasteiger partial charge >= 0.3 is 17.9 Å². The van der Waals surface area contributed by atoms with Crippen molar-refractivity contribution >= 4 is 28.7 Å². The SMILES string of the molecule is C=CC(=O)OC=CCOC(=O)c1cc2ccccc2cc1C(=O)O. The monoisotopic (exact) mass is 326 g/mol. The Bertz CT molecular complexity index is 835. The van der Waals surface area contributed by atoms with Gasteiger partial charge in [0.05, 0.1) is 17.4 Å². The molecule has 0 saturated heterocycles. The number of carboxylic acids is 1. The molecule has 0 unspecified atom stereocenters. The van der Waals surface area contributed by atoms with Gasteiger partial charge in [0.1, 0.15) is 6.61 Å². The molecule has 0 fully saturated rings. The number of hydrogen-bond acceptors (Lipinski definition) is 5. The molecule has 122 valence electrons. The fourth-order valence-electron chi connectivity index (χ4n) is 1.99. The van der Waals surface area contributed by atoms with Crippen molar-refractivity contribution in [2.75, 3.05) is 6.61 Å². The van der Waals surface area contributed by atoms with Gasteiger partial charge in [0.15, 0.2) is 0 Å². The Morgan fingerprint density at radius 3 is 2.29 bits per heavy atom. The van der Waals surface area contributed by atoms with Crippen LogP contribution in [0, 0.1) is 0 Å². The molecule has 6 nitrogen and oxygen atoms in total. The highest BCUT2D eigenvalue weighted by molar-refractivity contribution is 6.06. The van der Waals surface area contributed by atoms with Gasteiger partial charge in [-0.1, -0.05) is 30.8 Å². The van der Waals surface area contributed by atoms with Crippen LogP contribution in [0.1, 0.15) is 20.7 Å². The second kappa shape index (κ2) is 7.73. The molecule has 0 spiro atoms. The van der Waals surface area contributed by atoms with Crippen LogP contribution in [0.4, 0.5) is 0 Å². The van der Waals surface area contributed by atoms with Crippen molar-refractivity contribution in [1.82, 2.24) is 0 Å². The smallest absolute Gasteiger partial charge is 0.339 e. The van der Waals surface area contributed by atoms with E-state index in [9.17, 15) is 19.5 Å². The van der Waals surface area contributed by atoms with E-state index in [2.05, 4.69) is 11.3 Å². The van der Waals surface area contributed by atoms with Crippen LogP contribution in [0.2, 0.25) is 0 Å². The molecule has 2 aromatic rings. The Hall–Kier alpha value is -3.41. The van der Waals surface area contributed by atoms with Gasteiger partial charge in [-0.15, -0.1) is 0 Å². The van der Waals surface area contributed by atoms with Gasteiger partial charge < -0.3 is 14.6 Å². The number of carbonyl (C=O) groups is 3. The lowest BCUT2D eigenvalue weighted by atomic mass is 10.0. The molecular formula is C18H14O6. The van der Waals surface area contributed by atoms with Gasteiger partial charge in [-0.05, 0) is 29.0 Å². The van der Waals surface area contributed by atoms with Gasteiger partial charge in [-0.2, -0.15) is 0 Å². The van der Waals surface area contributed by atoms with Gasteiger partial charge in [0, 0.05) is 6.08 Å². The van der Waals surface area contributed by atoms with Crippen LogP contribution >= 0.6 is 0 Å². The van der Waals surface area contributed by atoms with Crippen molar-refractivity contribution in [3.63, 3.8) is 0 Å². The van der Waals surface area contributed by atoms with E-state index in [0.717, 1.165) is 17.7 Å². The third-order valence-electron chi connectivity index (χ3n) is 3.09. The van der Waals surface area contributed by atoms with Crippen molar-refractivity contribution in [3.05, 3.63) is 72.5 Å². The first-order chi connectivity index (χ1) is 11.5. The van der Waals surface area contributed by atoms with E-state index in [-0.39, 0.29) is 17.7 Å². The minimum Gasteiger partial charge on any atom is -0.478 e. The Kier molecular flexibility index (Phi) is 5.46. The molecule has 1 N–H and O–H groups in total. The topological polar surface area (TPSA) is 89.9 Å². The molecule has 0 aliphatic carbocycles. The predicted molar refractivity (Wildman–Crippen MR) is 86.6 cm³/mol. The first kappa shape index (κ1) is 17.0. The standard InChI is InChI=1S/C18H14O6/c1-2-16(19)23-8-5-9-24-18(22)15-11-13-7-4-3-6-12(13)10-14(15)17(20)21/h2-8,10-11H,1,9H2,(H,20,21). The molecule has 0 aliphatic rings. The number of rotatable bonds is 6. The van der Waals surface area contributed by atoms with Gasteiger partial charge in [0.25, 0.3) is 0 Å². The Morgan fingerprint density at radius 2 is 1.71 bits per heavy atom. The summed E-state index contributed by atoms with van der Waals surface area (Å²) in [7, 11) is 0. The molecule has 0 amide bonds. The van der Waals surface area contributed by atoms with Crippen molar-refractivity contribution < 1.29 is 29.0 Å². The number of carbonyl (C=O) groups excluding carboxylic acids is 2. The van der Waals surface area contributed by atoms with Crippen LogP contribution < -0.4 is 0 Å². The molecule has 0 bridgehead atoms. The zero-order valence-corrected chi connectivity index (χ0v) is 12.6. The highest BCUT2D eigenvalue weighted by Crippen LogP contribution is 2.21. The fourth-order valence-corrected chi connectivity index (χ4v) is 1.99. The van der Waals surface area contributed by atoms with Crippen LogP contribution in [0.5, 0.6) is 0 Å². The van der Waals surface area contributed by atoms with Gasteiger partial charge in [-0.3, -0.25) is 0 Å². The maximum absolute atomic E-state index is 12.1. The van der Waals surface area contributed by atoms with E-state index in [1.807, 2.05) is 0 Å². The molecular weight excluding hydrogens is 312 g/mol. The Morgan fingerprint density at radius 1 is 1.08 bits per heavy atom. The van der Waals surface area contributed by atoms with Gasteiger partial charge in [0.2, 0.25) is 0 Å². The summed E-state index contributed by atoms with van der Waals surface area (Å²) >= 11 is 0. The van der Waals surface area contributed by atoms with Crippen molar-refractivity contribution in [2.45, 2.75) is 0 Å². The second-order valence-corrected chi connectivity index (χ2v) is 4.66. The summed E-state index contributed by atoms with van der Waals surface area (Å²) < 4.78 is 9.55. The quantitative estimate of drug-likeness (QED) is 0.499. The summed E-state index contributed by atoms with van der Waals surface area (Å²) in [6, 6.07) is 9.99. The molecule has 0 saturated carbocycles. The van der Waals surface area contributed by atoms with Gasteiger partial charge in [-0.25, -0.2) is 14.4 Å². The third-order valence-corrected chi connectivity index (χ3v) is 3.09. The first-order valence-corrected chi connectivity index (χ1v) is 6.94. The predicted octanol–water partition coefficient (Wildman–Crippen LogP) is 2.94. The summed E-state index contributed by atoms with van der Waals surface area (Å²) in [4.78, 5) is 34.3. The van der Waals surface area contributed by atoms with Crippen LogP contribution in [-0.2, 0) is 14.3 Å².